The van der Waals surface area contributed by atoms with Crippen molar-refractivity contribution in [1.82, 2.24) is 19.8 Å². The molecule has 5 nitrogen and oxygen atoms in total. The first-order valence-electron chi connectivity index (χ1n) is 5.05. The Bertz CT molecular complexity index is 709. The van der Waals surface area contributed by atoms with Crippen molar-refractivity contribution >= 4 is 5.65 Å². The van der Waals surface area contributed by atoms with Crippen molar-refractivity contribution in [1.29, 1.82) is 5.26 Å². The molecule has 0 saturated heterocycles. The first-order chi connectivity index (χ1) is 8.36. The number of fused-ring (bicyclic) bond motifs is 1. The largest absolute Gasteiger partial charge is 0.217 e. The maximum absolute atomic E-state index is 8.73. The molecule has 17 heavy (non-hydrogen) atoms. The lowest BCUT2D eigenvalue weighted by Crippen LogP contribution is -1.95. The normalized spacial score (nSPS) is 10.3. The number of hydrogen-bond acceptors (Lipinski definition) is 4. The molecule has 0 amide bonds. The van der Waals surface area contributed by atoms with Crippen LogP contribution in [0.15, 0.2) is 42.6 Å². The van der Waals surface area contributed by atoms with Crippen LogP contribution in [0.1, 0.15) is 5.69 Å². The van der Waals surface area contributed by atoms with Crippen LogP contribution in [0.25, 0.3) is 16.9 Å². The number of nitriles is 1. The van der Waals surface area contributed by atoms with E-state index in [2.05, 4.69) is 15.3 Å². The summed E-state index contributed by atoms with van der Waals surface area (Å²) in [7, 11) is 0. The number of hydrogen-bond donors (Lipinski definition) is 0. The first kappa shape index (κ1) is 9.48. The van der Waals surface area contributed by atoms with Gasteiger partial charge in [0.1, 0.15) is 6.07 Å². The first-order valence-corrected chi connectivity index (χ1v) is 5.05. The van der Waals surface area contributed by atoms with E-state index >= 15 is 0 Å². The predicted octanol–water partition coefficient (Wildman–Crippen LogP) is 1.66. The highest BCUT2D eigenvalue weighted by molar-refractivity contribution is 5.63. The van der Waals surface area contributed by atoms with Crippen LogP contribution in [-0.2, 0) is 0 Å². The summed E-state index contributed by atoms with van der Waals surface area (Å²) in [6.07, 6.45) is 1.56. The van der Waals surface area contributed by atoms with Crippen LogP contribution >= 0.6 is 0 Å². The van der Waals surface area contributed by atoms with E-state index in [9.17, 15) is 0 Å². The zero-order valence-corrected chi connectivity index (χ0v) is 8.78. The lowest BCUT2D eigenvalue weighted by atomic mass is 10.2. The highest BCUT2D eigenvalue weighted by Gasteiger charge is 2.05. The zero-order chi connectivity index (χ0) is 11.7. The lowest BCUT2D eigenvalue weighted by molar-refractivity contribution is 0.880. The molecule has 5 heteroatoms. The Hall–Kier alpha value is -2.74. The summed E-state index contributed by atoms with van der Waals surface area (Å²) in [5, 5.41) is 20.8. The Morgan fingerprint density at radius 1 is 1.12 bits per heavy atom. The molecule has 0 bridgehead atoms. The molecular weight excluding hydrogens is 214 g/mol. The number of aromatic nitrogens is 4. The van der Waals surface area contributed by atoms with E-state index < -0.39 is 0 Å². The van der Waals surface area contributed by atoms with Crippen molar-refractivity contribution in [3.63, 3.8) is 0 Å². The van der Waals surface area contributed by atoms with Crippen LogP contribution in [0.5, 0.6) is 0 Å². The predicted molar refractivity (Wildman–Crippen MR) is 60.9 cm³/mol. The standard InChI is InChI=1S/C12H7N5/c13-7-10-8-17-12(15-14-10)6-11(16-17)9-4-2-1-3-5-9/h1-6,8H. The van der Waals surface area contributed by atoms with Crippen molar-refractivity contribution in [3.8, 4) is 17.3 Å². The molecule has 0 aliphatic carbocycles. The van der Waals surface area contributed by atoms with Gasteiger partial charge in [0.25, 0.3) is 0 Å². The fourth-order valence-electron chi connectivity index (χ4n) is 1.60. The Morgan fingerprint density at radius 2 is 1.94 bits per heavy atom. The molecule has 0 aliphatic heterocycles. The molecule has 2 heterocycles. The van der Waals surface area contributed by atoms with Crippen molar-refractivity contribution in [2.75, 3.05) is 0 Å². The minimum Gasteiger partial charge on any atom is -0.217 e. The van der Waals surface area contributed by atoms with E-state index in [0.717, 1.165) is 11.3 Å². The van der Waals surface area contributed by atoms with Crippen LogP contribution in [0.3, 0.4) is 0 Å². The average Bonchev–Trinajstić information content (AvgIpc) is 2.82. The summed E-state index contributed by atoms with van der Waals surface area (Å²) >= 11 is 0. The molecule has 0 N–H and O–H groups in total. The van der Waals surface area contributed by atoms with Crippen molar-refractivity contribution in [3.05, 3.63) is 48.3 Å². The molecule has 0 atom stereocenters. The Morgan fingerprint density at radius 3 is 2.71 bits per heavy atom. The van der Waals surface area contributed by atoms with Gasteiger partial charge in [-0.25, -0.2) is 4.52 Å². The second kappa shape index (κ2) is 3.68. The van der Waals surface area contributed by atoms with Crippen molar-refractivity contribution in [2.24, 2.45) is 0 Å². The summed E-state index contributed by atoms with van der Waals surface area (Å²) in [6.45, 7) is 0. The third kappa shape index (κ3) is 1.62. The van der Waals surface area contributed by atoms with E-state index in [4.69, 9.17) is 5.26 Å². The van der Waals surface area contributed by atoms with E-state index in [-0.39, 0.29) is 5.69 Å². The molecule has 2 aromatic heterocycles. The molecule has 0 radical (unpaired) electrons. The monoisotopic (exact) mass is 221 g/mol. The molecule has 0 unspecified atom stereocenters. The molecule has 3 rings (SSSR count). The van der Waals surface area contributed by atoms with Gasteiger partial charge in [-0.1, -0.05) is 30.3 Å². The third-order valence-corrected chi connectivity index (χ3v) is 2.40. The van der Waals surface area contributed by atoms with Gasteiger partial charge in [0.05, 0.1) is 11.9 Å². The minimum atomic E-state index is 0.250. The van der Waals surface area contributed by atoms with E-state index in [1.165, 1.54) is 0 Å². The van der Waals surface area contributed by atoms with Crippen molar-refractivity contribution in [2.45, 2.75) is 0 Å². The average molecular weight is 221 g/mol. The fourth-order valence-corrected chi connectivity index (χ4v) is 1.60. The molecule has 3 aromatic rings. The number of rotatable bonds is 1. The van der Waals surface area contributed by atoms with E-state index in [0.29, 0.717) is 5.65 Å². The zero-order valence-electron chi connectivity index (χ0n) is 8.78. The molecule has 80 valence electrons. The lowest BCUT2D eigenvalue weighted by Gasteiger charge is -1.92. The van der Waals surface area contributed by atoms with E-state index in [1.54, 1.807) is 10.7 Å². The number of benzene rings is 1. The second-order valence-electron chi connectivity index (χ2n) is 3.52. The van der Waals surface area contributed by atoms with Crippen LogP contribution < -0.4 is 0 Å². The molecule has 0 fully saturated rings. The van der Waals surface area contributed by atoms with Gasteiger partial charge in [-0.05, 0) is 0 Å². The van der Waals surface area contributed by atoms with Crippen LogP contribution in [0.2, 0.25) is 0 Å². The molecule has 1 aromatic carbocycles. The summed E-state index contributed by atoms with van der Waals surface area (Å²) < 4.78 is 1.56. The van der Waals surface area contributed by atoms with Crippen LogP contribution in [0.4, 0.5) is 0 Å². The Kier molecular flexibility index (Phi) is 2.06. The smallest absolute Gasteiger partial charge is 0.181 e. The highest BCUT2D eigenvalue weighted by Crippen LogP contribution is 2.17. The molecule has 0 spiro atoms. The van der Waals surface area contributed by atoms with E-state index in [1.807, 2.05) is 42.5 Å². The summed E-state index contributed by atoms with van der Waals surface area (Å²) in [5.74, 6) is 0. The maximum atomic E-state index is 8.73. The van der Waals surface area contributed by atoms with Crippen molar-refractivity contribution < 1.29 is 0 Å². The van der Waals surface area contributed by atoms with Gasteiger partial charge in [-0.2, -0.15) is 10.4 Å². The minimum absolute atomic E-state index is 0.250. The summed E-state index contributed by atoms with van der Waals surface area (Å²) in [6, 6.07) is 13.6. The maximum Gasteiger partial charge on any atom is 0.181 e. The summed E-state index contributed by atoms with van der Waals surface area (Å²) in [4.78, 5) is 0. The molecular formula is C12H7N5. The summed E-state index contributed by atoms with van der Waals surface area (Å²) in [5.41, 5.74) is 2.70. The van der Waals surface area contributed by atoms with Gasteiger partial charge in [-0.15, -0.1) is 10.2 Å². The van der Waals surface area contributed by atoms with Gasteiger partial charge >= 0.3 is 0 Å². The Balaban J connectivity index is 2.18. The van der Waals surface area contributed by atoms with Gasteiger partial charge in [-0.3, -0.25) is 0 Å². The molecule has 0 saturated carbocycles. The third-order valence-electron chi connectivity index (χ3n) is 2.40. The topological polar surface area (TPSA) is 66.9 Å². The van der Waals surface area contributed by atoms with Gasteiger partial charge in [0, 0.05) is 11.6 Å². The fraction of sp³-hybridized carbons (Fsp3) is 0. The van der Waals surface area contributed by atoms with Gasteiger partial charge in [0.2, 0.25) is 0 Å². The van der Waals surface area contributed by atoms with Crippen LogP contribution in [-0.4, -0.2) is 19.8 Å². The SMILES string of the molecule is N#Cc1cn2nc(-c3ccccc3)cc2nn1. The highest BCUT2D eigenvalue weighted by atomic mass is 15.3. The molecule has 0 aliphatic rings. The van der Waals surface area contributed by atoms with Crippen LogP contribution in [0, 0.1) is 11.3 Å². The van der Waals surface area contributed by atoms with Gasteiger partial charge in [0.15, 0.2) is 11.3 Å². The number of nitrogens with zero attached hydrogens (tertiary/aromatic N) is 5. The van der Waals surface area contributed by atoms with Gasteiger partial charge < -0.3 is 0 Å². The quantitative estimate of drug-likeness (QED) is 0.626. The Labute approximate surface area is 97.0 Å². The second-order valence-corrected chi connectivity index (χ2v) is 3.52.